The highest BCUT2D eigenvalue weighted by Crippen LogP contribution is 2.27. The summed E-state index contributed by atoms with van der Waals surface area (Å²) in [6.45, 7) is 5.88. The Labute approximate surface area is 163 Å². The number of aromatic nitrogens is 2. The molecule has 2 N–H and O–H groups in total. The second-order valence-electron chi connectivity index (χ2n) is 7.48. The first kappa shape index (κ1) is 19.5. The number of hydrogen-bond acceptors (Lipinski definition) is 5. The van der Waals surface area contributed by atoms with Crippen molar-refractivity contribution in [1.29, 1.82) is 0 Å². The molecule has 1 fully saturated rings. The van der Waals surface area contributed by atoms with Crippen LogP contribution < -0.4 is 10.6 Å². The number of carbonyl (C=O) groups is 2. The predicted molar refractivity (Wildman–Crippen MR) is 107 cm³/mol. The van der Waals surface area contributed by atoms with E-state index in [2.05, 4.69) is 20.8 Å². The van der Waals surface area contributed by atoms with Crippen LogP contribution in [0.3, 0.4) is 0 Å². The second kappa shape index (κ2) is 8.61. The lowest BCUT2D eigenvalue weighted by atomic mass is 10.0. The maximum absolute atomic E-state index is 12.7. The molecule has 1 aliphatic rings. The lowest BCUT2D eigenvalue weighted by Gasteiger charge is -2.22. The number of hydrogen-bond donors (Lipinski definition) is 2. The summed E-state index contributed by atoms with van der Waals surface area (Å²) in [6, 6.07) is 7.43. The van der Waals surface area contributed by atoms with Crippen molar-refractivity contribution >= 4 is 28.3 Å². The molecule has 1 aromatic heterocycles. The van der Waals surface area contributed by atoms with Crippen molar-refractivity contribution < 1.29 is 9.59 Å². The molecule has 27 heavy (non-hydrogen) atoms. The maximum atomic E-state index is 12.7. The Hall–Kier alpha value is -2.28. The Morgan fingerprint density at radius 1 is 1.11 bits per heavy atom. The summed E-state index contributed by atoms with van der Waals surface area (Å²) in [5.74, 6) is -0.240. The molecule has 1 heterocycles. The number of benzene rings is 1. The Morgan fingerprint density at radius 2 is 1.78 bits per heavy atom. The van der Waals surface area contributed by atoms with Crippen LogP contribution in [-0.2, 0) is 9.59 Å². The number of anilines is 1. The molecule has 0 radical (unpaired) electrons. The van der Waals surface area contributed by atoms with E-state index in [-0.39, 0.29) is 23.7 Å². The van der Waals surface area contributed by atoms with Gasteiger partial charge in [-0.3, -0.25) is 14.9 Å². The Balaban J connectivity index is 1.65. The van der Waals surface area contributed by atoms with Crippen LogP contribution in [0, 0.1) is 18.8 Å². The molecular formula is C20H26N4O2S. The van der Waals surface area contributed by atoms with E-state index < -0.39 is 6.04 Å². The molecule has 1 aliphatic carbocycles. The first-order valence-electron chi connectivity index (χ1n) is 9.46. The average Bonchev–Trinajstić information content (AvgIpc) is 3.31. The van der Waals surface area contributed by atoms with Gasteiger partial charge in [-0.15, -0.1) is 10.2 Å². The van der Waals surface area contributed by atoms with Gasteiger partial charge in [0, 0.05) is 11.5 Å². The zero-order valence-electron chi connectivity index (χ0n) is 16.0. The lowest BCUT2D eigenvalue weighted by Crippen LogP contribution is -2.48. The molecule has 2 amide bonds. The first-order valence-corrected chi connectivity index (χ1v) is 10.3. The molecule has 3 rings (SSSR count). The van der Waals surface area contributed by atoms with E-state index in [4.69, 9.17) is 0 Å². The Bertz CT molecular complexity index is 795. The maximum Gasteiger partial charge on any atom is 0.249 e. The van der Waals surface area contributed by atoms with Crippen molar-refractivity contribution in [2.45, 2.75) is 52.5 Å². The van der Waals surface area contributed by atoms with E-state index in [0.29, 0.717) is 5.13 Å². The van der Waals surface area contributed by atoms with E-state index in [1.165, 1.54) is 16.9 Å². The number of nitrogens with one attached hydrogen (secondary N) is 2. The molecule has 0 aliphatic heterocycles. The summed E-state index contributed by atoms with van der Waals surface area (Å²) in [5, 5.41) is 15.2. The zero-order valence-corrected chi connectivity index (χ0v) is 16.8. The minimum absolute atomic E-state index is 0.0140. The Kier molecular flexibility index (Phi) is 6.21. The molecule has 7 heteroatoms. The van der Waals surface area contributed by atoms with E-state index in [1.807, 2.05) is 45.0 Å². The zero-order chi connectivity index (χ0) is 19.4. The number of carbonyl (C=O) groups excluding carboxylic acids is 2. The smallest absolute Gasteiger partial charge is 0.249 e. The van der Waals surface area contributed by atoms with Crippen LogP contribution >= 0.6 is 11.3 Å². The molecule has 1 atom stereocenters. The molecule has 0 saturated heterocycles. The van der Waals surface area contributed by atoms with Crippen molar-refractivity contribution in [2.24, 2.45) is 11.8 Å². The van der Waals surface area contributed by atoms with E-state index in [1.54, 1.807) is 0 Å². The van der Waals surface area contributed by atoms with E-state index in [0.717, 1.165) is 36.3 Å². The van der Waals surface area contributed by atoms with Gasteiger partial charge in [-0.1, -0.05) is 67.9 Å². The third-order valence-electron chi connectivity index (χ3n) is 4.93. The third kappa shape index (κ3) is 4.91. The summed E-state index contributed by atoms with van der Waals surface area (Å²) >= 11 is 1.33. The number of nitrogens with zero attached hydrogens (tertiary/aromatic N) is 2. The van der Waals surface area contributed by atoms with Crippen LogP contribution in [0.1, 0.15) is 45.1 Å². The summed E-state index contributed by atoms with van der Waals surface area (Å²) in [4.78, 5) is 25.1. The van der Waals surface area contributed by atoms with Crippen LogP contribution in [-0.4, -0.2) is 28.1 Å². The van der Waals surface area contributed by atoms with Crippen LogP contribution in [0.4, 0.5) is 5.13 Å². The summed E-state index contributed by atoms with van der Waals surface area (Å²) < 4.78 is 0. The molecule has 0 bridgehead atoms. The van der Waals surface area contributed by atoms with Gasteiger partial charge in [0.1, 0.15) is 11.0 Å². The molecular weight excluding hydrogens is 360 g/mol. The van der Waals surface area contributed by atoms with Gasteiger partial charge >= 0.3 is 0 Å². The lowest BCUT2D eigenvalue weighted by molar-refractivity contribution is -0.130. The summed E-state index contributed by atoms with van der Waals surface area (Å²) in [7, 11) is 0. The molecule has 1 unspecified atom stereocenters. The second-order valence-corrected chi connectivity index (χ2v) is 8.46. The molecule has 6 nitrogen and oxygen atoms in total. The van der Waals surface area contributed by atoms with E-state index >= 15 is 0 Å². The molecule has 0 spiro atoms. The normalized spacial score (nSPS) is 15.7. The fourth-order valence-corrected chi connectivity index (χ4v) is 4.02. The third-order valence-corrected chi connectivity index (χ3v) is 5.81. The minimum atomic E-state index is -0.579. The van der Waals surface area contributed by atoms with Gasteiger partial charge in [-0.05, 0) is 25.7 Å². The van der Waals surface area contributed by atoms with E-state index in [9.17, 15) is 9.59 Å². The SMILES string of the molecule is Cc1ccc(-c2nnc(NC(=O)C(NC(=O)C3CCCC3)C(C)C)s2)cc1. The quantitative estimate of drug-likeness (QED) is 0.791. The van der Waals surface area contributed by atoms with Crippen molar-refractivity contribution in [3.8, 4) is 10.6 Å². The standard InChI is InChI=1S/C20H26N4O2S/c1-12(2)16(21-17(25)14-6-4-5-7-14)18(26)22-20-24-23-19(27-20)15-10-8-13(3)9-11-15/h8-12,14,16H,4-7H2,1-3H3,(H,21,25)(H,22,24,26). The predicted octanol–water partition coefficient (Wildman–Crippen LogP) is 3.78. The molecule has 144 valence electrons. The monoisotopic (exact) mass is 386 g/mol. The van der Waals surface area contributed by atoms with Crippen LogP contribution in [0.5, 0.6) is 0 Å². The Morgan fingerprint density at radius 3 is 2.41 bits per heavy atom. The average molecular weight is 387 g/mol. The topological polar surface area (TPSA) is 84.0 Å². The summed E-state index contributed by atoms with van der Waals surface area (Å²) in [6.07, 6.45) is 4.00. The van der Waals surface area contributed by atoms with Gasteiger partial charge in [-0.25, -0.2) is 0 Å². The van der Waals surface area contributed by atoms with Gasteiger partial charge in [0.15, 0.2) is 0 Å². The highest BCUT2D eigenvalue weighted by atomic mass is 32.1. The van der Waals surface area contributed by atoms with Crippen molar-refractivity contribution in [1.82, 2.24) is 15.5 Å². The van der Waals surface area contributed by atoms with Crippen LogP contribution in [0.25, 0.3) is 10.6 Å². The van der Waals surface area contributed by atoms with Crippen LogP contribution in [0.15, 0.2) is 24.3 Å². The highest BCUT2D eigenvalue weighted by molar-refractivity contribution is 7.18. The van der Waals surface area contributed by atoms with Gasteiger partial charge in [-0.2, -0.15) is 0 Å². The number of rotatable bonds is 6. The van der Waals surface area contributed by atoms with Crippen molar-refractivity contribution in [2.75, 3.05) is 5.32 Å². The van der Waals surface area contributed by atoms with Gasteiger partial charge in [0.2, 0.25) is 16.9 Å². The summed E-state index contributed by atoms with van der Waals surface area (Å²) in [5.41, 5.74) is 2.14. The van der Waals surface area contributed by atoms with Gasteiger partial charge in [0.05, 0.1) is 0 Å². The van der Waals surface area contributed by atoms with Crippen molar-refractivity contribution in [3.05, 3.63) is 29.8 Å². The van der Waals surface area contributed by atoms with Gasteiger partial charge < -0.3 is 5.32 Å². The van der Waals surface area contributed by atoms with Crippen molar-refractivity contribution in [3.63, 3.8) is 0 Å². The van der Waals surface area contributed by atoms with Gasteiger partial charge in [0.25, 0.3) is 0 Å². The molecule has 1 saturated carbocycles. The fourth-order valence-electron chi connectivity index (χ4n) is 3.26. The molecule has 1 aromatic carbocycles. The fraction of sp³-hybridized carbons (Fsp3) is 0.500. The molecule has 2 aromatic rings. The minimum Gasteiger partial charge on any atom is -0.344 e. The van der Waals surface area contributed by atoms with Crippen LogP contribution in [0.2, 0.25) is 0 Å². The highest BCUT2D eigenvalue weighted by Gasteiger charge is 2.29. The number of aryl methyl sites for hydroxylation is 1. The largest absolute Gasteiger partial charge is 0.344 e. The number of amides is 2. The first-order chi connectivity index (χ1) is 12.9.